The van der Waals surface area contributed by atoms with Gasteiger partial charge in [-0.2, -0.15) is 0 Å². The van der Waals surface area contributed by atoms with Gasteiger partial charge in [-0.3, -0.25) is 9.69 Å². The van der Waals surface area contributed by atoms with E-state index >= 15 is 0 Å². The molecule has 0 aliphatic rings. The van der Waals surface area contributed by atoms with Crippen molar-refractivity contribution in [3.05, 3.63) is 75.8 Å². The number of hydrogen-bond acceptors (Lipinski definition) is 6. The van der Waals surface area contributed by atoms with E-state index in [4.69, 9.17) is 9.47 Å². The Kier molecular flexibility index (Phi) is 6.97. The Hall–Kier alpha value is -3.03. The average molecular weight is 425 g/mol. The highest BCUT2D eigenvalue weighted by atomic mass is 32.1. The molecule has 0 saturated heterocycles. The van der Waals surface area contributed by atoms with E-state index in [9.17, 15) is 9.59 Å². The first-order valence-electron chi connectivity index (χ1n) is 9.46. The van der Waals surface area contributed by atoms with Crippen molar-refractivity contribution in [2.24, 2.45) is 0 Å². The Balaban J connectivity index is 1.70. The van der Waals surface area contributed by atoms with Crippen LogP contribution < -0.4 is 4.90 Å². The molecule has 3 aromatic rings. The number of nitrogens with zero attached hydrogens (tertiary/aromatic N) is 2. The summed E-state index contributed by atoms with van der Waals surface area (Å²) >= 11 is 1.34. The van der Waals surface area contributed by atoms with Crippen LogP contribution >= 0.6 is 11.3 Å². The second-order valence-corrected chi connectivity index (χ2v) is 7.81. The first-order chi connectivity index (χ1) is 14.4. The molecule has 0 unspecified atom stereocenters. The monoisotopic (exact) mass is 424 g/mol. The van der Waals surface area contributed by atoms with Crippen LogP contribution in [0.25, 0.3) is 0 Å². The zero-order chi connectivity index (χ0) is 21.7. The Bertz CT molecular complexity index is 1040. The lowest BCUT2D eigenvalue weighted by Crippen LogP contribution is -2.23. The number of benzene rings is 2. The fraction of sp³-hybridized carbons (Fsp3) is 0.261. The maximum atomic E-state index is 12.3. The third-order valence-corrected chi connectivity index (χ3v) is 5.37. The van der Waals surface area contributed by atoms with Crippen LogP contribution in [-0.2, 0) is 27.5 Å². The number of anilines is 2. The van der Waals surface area contributed by atoms with Crippen LogP contribution in [0.5, 0.6) is 0 Å². The smallest absolute Gasteiger partial charge is 0.338 e. The van der Waals surface area contributed by atoms with Gasteiger partial charge in [-0.15, -0.1) is 11.3 Å². The van der Waals surface area contributed by atoms with Crippen LogP contribution in [0, 0.1) is 13.8 Å². The van der Waals surface area contributed by atoms with E-state index in [1.165, 1.54) is 18.3 Å². The van der Waals surface area contributed by atoms with E-state index in [-0.39, 0.29) is 12.5 Å². The lowest BCUT2D eigenvalue weighted by molar-refractivity contribution is -0.115. The number of aryl methyl sites for hydroxylation is 2. The van der Waals surface area contributed by atoms with Crippen molar-refractivity contribution in [1.82, 2.24) is 4.98 Å². The minimum atomic E-state index is -0.425. The summed E-state index contributed by atoms with van der Waals surface area (Å²) in [6.45, 7) is 6.01. The maximum absolute atomic E-state index is 12.3. The number of methoxy groups -OCH3 is 1. The molecule has 0 bridgehead atoms. The fourth-order valence-electron chi connectivity index (χ4n) is 3.06. The second kappa shape index (κ2) is 9.65. The first kappa shape index (κ1) is 21.7. The van der Waals surface area contributed by atoms with Crippen LogP contribution in [0.2, 0.25) is 0 Å². The summed E-state index contributed by atoms with van der Waals surface area (Å²) in [5.41, 5.74) is 4.95. The number of carbonyl (C=O) groups is 2. The van der Waals surface area contributed by atoms with Gasteiger partial charge in [-0.25, -0.2) is 9.78 Å². The number of thiazole rings is 1. The molecule has 1 heterocycles. The minimum absolute atomic E-state index is 0.0355. The SMILES string of the molecule is COCc1ccc(C(=O)OCc2csc(N(C(C)=O)c3ccc(C)cc3C)n2)cc1. The lowest BCUT2D eigenvalue weighted by atomic mass is 10.1. The van der Waals surface area contributed by atoms with Gasteiger partial charge in [0.1, 0.15) is 6.61 Å². The number of esters is 1. The van der Waals surface area contributed by atoms with E-state index < -0.39 is 5.97 Å². The zero-order valence-electron chi connectivity index (χ0n) is 17.5. The number of rotatable bonds is 7. The largest absolute Gasteiger partial charge is 0.456 e. The summed E-state index contributed by atoms with van der Waals surface area (Å²) in [6, 6.07) is 13.0. The van der Waals surface area contributed by atoms with Gasteiger partial charge < -0.3 is 9.47 Å². The molecule has 7 heteroatoms. The van der Waals surface area contributed by atoms with E-state index in [0.29, 0.717) is 23.0 Å². The number of amides is 1. The van der Waals surface area contributed by atoms with Crippen LogP contribution in [0.4, 0.5) is 10.8 Å². The molecule has 30 heavy (non-hydrogen) atoms. The van der Waals surface area contributed by atoms with Crippen molar-refractivity contribution < 1.29 is 19.1 Å². The third kappa shape index (κ3) is 5.11. The van der Waals surface area contributed by atoms with Gasteiger partial charge in [0.25, 0.3) is 0 Å². The van der Waals surface area contributed by atoms with Crippen molar-refractivity contribution in [2.45, 2.75) is 34.0 Å². The molecule has 156 valence electrons. The number of hydrogen-bond donors (Lipinski definition) is 0. The maximum Gasteiger partial charge on any atom is 0.338 e. The van der Waals surface area contributed by atoms with Crippen molar-refractivity contribution in [2.75, 3.05) is 12.0 Å². The molecule has 3 rings (SSSR count). The molecule has 0 radical (unpaired) electrons. The fourth-order valence-corrected chi connectivity index (χ4v) is 3.92. The van der Waals surface area contributed by atoms with Crippen molar-refractivity contribution >= 4 is 34.0 Å². The summed E-state index contributed by atoms with van der Waals surface area (Å²) in [5, 5.41) is 2.34. The molecule has 1 aromatic heterocycles. The zero-order valence-corrected chi connectivity index (χ0v) is 18.3. The van der Waals surface area contributed by atoms with Crippen LogP contribution in [0.3, 0.4) is 0 Å². The van der Waals surface area contributed by atoms with E-state index in [1.54, 1.807) is 29.5 Å². The van der Waals surface area contributed by atoms with Crippen LogP contribution in [0.15, 0.2) is 47.8 Å². The molecule has 0 aliphatic carbocycles. The molecule has 0 aliphatic heterocycles. The summed E-state index contributed by atoms with van der Waals surface area (Å²) in [7, 11) is 1.62. The van der Waals surface area contributed by atoms with Gasteiger partial charge in [-0.05, 0) is 43.2 Å². The molecule has 0 atom stereocenters. The van der Waals surface area contributed by atoms with Crippen molar-refractivity contribution in [3.63, 3.8) is 0 Å². The minimum Gasteiger partial charge on any atom is -0.456 e. The number of aromatic nitrogens is 1. The molecule has 0 saturated carbocycles. The van der Waals surface area contributed by atoms with Gasteiger partial charge in [-0.1, -0.05) is 29.8 Å². The van der Waals surface area contributed by atoms with E-state index in [0.717, 1.165) is 22.4 Å². The molecular formula is C23H24N2O4S. The van der Waals surface area contributed by atoms with Crippen molar-refractivity contribution in [1.29, 1.82) is 0 Å². The lowest BCUT2D eigenvalue weighted by Gasteiger charge is -2.20. The highest BCUT2D eigenvalue weighted by Gasteiger charge is 2.20. The molecule has 2 aromatic carbocycles. The summed E-state index contributed by atoms with van der Waals surface area (Å²) in [6.07, 6.45) is 0. The summed E-state index contributed by atoms with van der Waals surface area (Å²) < 4.78 is 10.4. The summed E-state index contributed by atoms with van der Waals surface area (Å²) in [5.74, 6) is -0.553. The first-order valence-corrected chi connectivity index (χ1v) is 10.3. The topological polar surface area (TPSA) is 68.7 Å². The molecule has 0 fully saturated rings. The molecule has 0 spiro atoms. The standard InChI is InChI=1S/C23H24N2O4S/c1-15-5-10-21(16(2)11-15)25(17(3)26)23-24-20(14-30-23)13-29-22(27)19-8-6-18(7-9-19)12-28-4/h5-11,14H,12-13H2,1-4H3. The van der Waals surface area contributed by atoms with Crippen molar-refractivity contribution in [3.8, 4) is 0 Å². The Morgan fingerprint density at radius 1 is 1.07 bits per heavy atom. The highest BCUT2D eigenvalue weighted by molar-refractivity contribution is 7.14. The average Bonchev–Trinajstić information content (AvgIpc) is 3.17. The summed E-state index contributed by atoms with van der Waals surface area (Å²) in [4.78, 5) is 30.7. The van der Waals surface area contributed by atoms with Gasteiger partial charge in [0.15, 0.2) is 5.13 Å². The van der Waals surface area contributed by atoms with E-state index in [2.05, 4.69) is 4.98 Å². The van der Waals surface area contributed by atoms with E-state index in [1.807, 2.05) is 44.2 Å². The van der Waals surface area contributed by atoms with Crippen LogP contribution in [-0.4, -0.2) is 24.0 Å². The molecule has 0 N–H and O–H groups in total. The van der Waals surface area contributed by atoms with Gasteiger partial charge in [0, 0.05) is 19.4 Å². The highest BCUT2D eigenvalue weighted by Crippen LogP contribution is 2.31. The number of ether oxygens (including phenoxy) is 2. The Labute approximate surface area is 180 Å². The number of carbonyl (C=O) groups excluding carboxylic acids is 2. The predicted octanol–water partition coefficient (Wildman–Crippen LogP) is 4.95. The Morgan fingerprint density at radius 2 is 1.80 bits per heavy atom. The molecule has 6 nitrogen and oxygen atoms in total. The Morgan fingerprint density at radius 3 is 2.43 bits per heavy atom. The normalized spacial score (nSPS) is 10.7. The molecule has 1 amide bonds. The quantitative estimate of drug-likeness (QED) is 0.502. The van der Waals surface area contributed by atoms with Gasteiger partial charge in [0.2, 0.25) is 5.91 Å². The molecular weight excluding hydrogens is 400 g/mol. The van der Waals surface area contributed by atoms with Gasteiger partial charge in [0.05, 0.1) is 23.6 Å². The third-order valence-electron chi connectivity index (χ3n) is 4.49. The van der Waals surface area contributed by atoms with Gasteiger partial charge >= 0.3 is 5.97 Å². The van der Waals surface area contributed by atoms with Crippen LogP contribution in [0.1, 0.15) is 39.7 Å². The second-order valence-electron chi connectivity index (χ2n) is 6.97. The predicted molar refractivity (Wildman–Crippen MR) is 117 cm³/mol.